The van der Waals surface area contributed by atoms with Crippen molar-refractivity contribution < 1.29 is 0 Å². The summed E-state index contributed by atoms with van der Waals surface area (Å²) in [6.45, 7) is 0. The van der Waals surface area contributed by atoms with E-state index < -0.39 is 0 Å². The van der Waals surface area contributed by atoms with E-state index in [4.69, 9.17) is 0 Å². The van der Waals surface area contributed by atoms with Gasteiger partial charge < -0.3 is 0 Å². The molecule has 0 amide bonds. The predicted molar refractivity (Wildman–Crippen MR) is 28.4 cm³/mol. The van der Waals surface area contributed by atoms with Crippen molar-refractivity contribution in [2.45, 2.75) is 0 Å². The van der Waals surface area contributed by atoms with Gasteiger partial charge >= 0.3 is 0 Å². The summed E-state index contributed by atoms with van der Waals surface area (Å²) in [6.07, 6.45) is 0. The first kappa shape index (κ1) is 29.3. The third kappa shape index (κ3) is 8.84. The van der Waals surface area contributed by atoms with Gasteiger partial charge in [0.05, 0.1) is 0 Å². The molecule has 0 aliphatic carbocycles. The van der Waals surface area contributed by atoms with Crippen molar-refractivity contribution in [1.82, 2.24) is 0 Å². The largest absolute Gasteiger partial charge is 0.153 e. The molecule has 4 heavy (non-hydrogen) atoms. The average Bonchev–Trinajstić information content (AvgIpc) is 0. The van der Waals surface area contributed by atoms with E-state index in [9.17, 15) is 0 Å². The third-order valence-corrected chi connectivity index (χ3v) is 0. The van der Waals surface area contributed by atoms with Gasteiger partial charge in [-0.25, -0.2) is 0 Å². The Morgan fingerprint density at radius 3 is 1.00 bits per heavy atom. The fourth-order valence-electron chi connectivity index (χ4n) is 0. The SMILES string of the molecule is P.[Bi].[Ge].[Pb]. The quantitative estimate of drug-likeness (QED) is 0.281. The molecule has 0 saturated carbocycles. The monoisotopic (exact) mass is 525 g/mol. The third-order valence-electron chi connectivity index (χ3n) is 0. The van der Waals surface area contributed by atoms with Crippen LogP contribution in [0.3, 0.4) is 0 Å². The van der Waals surface area contributed by atoms with Crippen LogP contribution in [0.5, 0.6) is 0 Å². The molecule has 4 heteroatoms. The van der Waals surface area contributed by atoms with Gasteiger partial charge in [-0.2, -0.15) is 9.90 Å². The minimum atomic E-state index is 0. The first-order valence-corrected chi connectivity index (χ1v) is 0. The molecule has 0 heterocycles. The number of hydrogen-bond acceptors (Lipinski definition) is 0. The summed E-state index contributed by atoms with van der Waals surface area (Å²) in [5, 5.41) is 0. The smallest absolute Gasteiger partial charge is 0 e. The van der Waals surface area contributed by atoms with Crippen LogP contribution in [0.25, 0.3) is 0 Å². The molecule has 1 atom stereocenters. The second-order valence-electron chi connectivity index (χ2n) is 0. The Labute approximate surface area is 79.7 Å². The van der Waals surface area contributed by atoms with E-state index in [0.29, 0.717) is 0 Å². The fourth-order valence-corrected chi connectivity index (χ4v) is 0. The zero-order chi connectivity index (χ0) is 0. The standard InChI is InChI=1S/Bi.Ge.H3P.Pb/h;;1H3;. The van der Waals surface area contributed by atoms with Crippen molar-refractivity contribution in [2.75, 3.05) is 0 Å². The van der Waals surface area contributed by atoms with Crippen LogP contribution in [-0.2, 0) is 0 Å². The summed E-state index contributed by atoms with van der Waals surface area (Å²) in [6, 6.07) is 0. The Hall–Kier alpha value is 2.78. The topological polar surface area (TPSA) is 0 Å². The maximum atomic E-state index is 0. The van der Waals surface area contributed by atoms with E-state index in [-0.39, 0.29) is 81.0 Å². The Bertz CT molecular complexity index is 8.00. The molecule has 0 aromatic heterocycles. The molecule has 0 aromatic rings. The molecule has 0 rings (SSSR count). The average molecular weight is 523 g/mol. The van der Waals surface area contributed by atoms with Gasteiger partial charge in [0.1, 0.15) is 0 Å². The van der Waals surface area contributed by atoms with E-state index in [0.717, 1.165) is 0 Å². The molecule has 11 radical (unpaired) electrons. The van der Waals surface area contributed by atoms with Crippen LogP contribution < -0.4 is 0 Å². The van der Waals surface area contributed by atoms with Crippen molar-refractivity contribution in [3.05, 3.63) is 0 Å². The first-order valence-electron chi connectivity index (χ1n) is 0. The van der Waals surface area contributed by atoms with Gasteiger partial charge in [0.15, 0.2) is 0 Å². The normalized spacial score (nSPS) is 0. The molecule has 1 unspecified atom stereocenters. The van der Waals surface area contributed by atoms with Crippen molar-refractivity contribution in [1.29, 1.82) is 0 Å². The van der Waals surface area contributed by atoms with Crippen molar-refractivity contribution in [2.24, 2.45) is 0 Å². The van der Waals surface area contributed by atoms with Crippen LogP contribution in [0.4, 0.5) is 0 Å². The molecule has 0 aliphatic rings. The number of rotatable bonds is 0. The minimum Gasteiger partial charge on any atom is -0.153 e. The van der Waals surface area contributed by atoms with Crippen LogP contribution in [0, 0.1) is 0 Å². The molecule has 0 aliphatic heterocycles. The van der Waals surface area contributed by atoms with Gasteiger partial charge in [-0.15, -0.1) is 0 Å². The van der Waals surface area contributed by atoms with Gasteiger partial charge in [-0.3, -0.25) is 0 Å². The minimum absolute atomic E-state index is 0. The molecule has 0 aromatic carbocycles. The first-order chi connectivity index (χ1) is 0. The van der Waals surface area contributed by atoms with Crippen molar-refractivity contribution in [3.63, 3.8) is 0 Å². The zero-order valence-electron chi connectivity index (χ0n) is 2.15. The van der Waals surface area contributed by atoms with Gasteiger partial charge in [0.2, 0.25) is 0 Å². The molecule has 0 bridgehead atoms. The molecule has 0 N–H and O–H groups in total. The predicted octanol–water partition coefficient (Wildman–Crippen LogP) is -1.08. The van der Waals surface area contributed by atoms with Crippen LogP contribution in [0.1, 0.15) is 0 Å². The van der Waals surface area contributed by atoms with Gasteiger partial charge in [0.25, 0.3) is 0 Å². The van der Waals surface area contributed by atoms with Crippen molar-refractivity contribution in [3.8, 4) is 0 Å². The Morgan fingerprint density at radius 1 is 1.00 bits per heavy atom. The summed E-state index contributed by atoms with van der Waals surface area (Å²) in [7, 11) is 0. The Balaban J connectivity index is 0. The summed E-state index contributed by atoms with van der Waals surface area (Å²) < 4.78 is 0. The molecule has 0 saturated heterocycles. The molecule has 0 nitrogen and oxygen atoms in total. The summed E-state index contributed by atoms with van der Waals surface area (Å²) in [5.41, 5.74) is 0. The second-order valence-corrected chi connectivity index (χ2v) is 0. The Morgan fingerprint density at radius 2 is 1.00 bits per heavy atom. The van der Waals surface area contributed by atoms with Gasteiger partial charge in [-0.05, 0) is 0 Å². The van der Waals surface area contributed by atoms with Crippen LogP contribution in [0.15, 0.2) is 0 Å². The van der Waals surface area contributed by atoms with Crippen LogP contribution in [-0.4, -0.2) is 71.1 Å². The van der Waals surface area contributed by atoms with Crippen LogP contribution >= 0.6 is 9.90 Å². The molecule has 21 valence electrons. The Kier molecular flexibility index (Phi) is 125. The van der Waals surface area contributed by atoms with E-state index >= 15 is 0 Å². The summed E-state index contributed by atoms with van der Waals surface area (Å²) >= 11 is 0. The summed E-state index contributed by atoms with van der Waals surface area (Å²) in [4.78, 5) is 0. The van der Waals surface area contributed by atoms with E-state index in [1.807, 2.05) is 0 Å². The fraction of sp³-hybridized carbons (Fsp3) is 0. The van der Waals surface area contributed by atoms with Crippen LogP contribution in [0.2, 0.25) is 0 Å². The second kappa shape index (κ2) is 17.1. The number of hydrogen-bond donors (Lipinski definition) is 0. The van der Waals surface area contributed by atoms with E-state index in [2.05, 4.69) is 0 Å². The maximum absolute atomic E-state index is 0. The molecular formula is H3BiGePPb. The molecule has 0 fully saturated rings. The summed E-state index contributed by atoms with van der Waals surface area (Å²) in [5.74, 6) is 0. The van der Waals surface area contributed by atoms with E-state index in [1.165, 1.54) is 0 Å². The van der Waals surface area contributed by atoms with Gasteiger partial charge in [-0.1, -0.05) is 0 Å². The zero-order valence-corrected chi connectivity index (χ0v) is 13.0. The molecule has 0 spiro atoms. The van der Waals surface area contributed by atoms with E-state index in [1.54, 1.807) is 0 Å². The van der Waals surface area contributed by atoms with Gasteiger partial charge in [0, 0.05) is 71.1 Å². The maximum Gasteiger partial charge on any atom is 0 e. The van der Waals surface area contributed by atoms with Crippen molar-refractivity contribution >= 4 is 81.0 Å². The molecular weight excluding hydrogens is 520 g/mol.